The normalized spacial score (nSPS) is 14.8. The fourth-order valence-corrected chi connectivity index (χ4v) is 3.49. The molecule has 1 unspecified atom stereocenters. The van der Waals surface area contributed by atoms with Crippen LogP contribution in [0.4, 0.5) is 0 Å². The van der Waals surface area contributed by atoms with Gasteiger partial charge in [0.2, 0.25) is 0 Å². The maximum Gasteiger partial charge on any atom is 0.129 e. The number of fused-ring (bicyclic) bond motifs is 1. The molecule has 100 valence electrons. The Kier molecular flexibility index (Phi) is 3.44. The molecule has 3 rings (SSSR count). The van der Waals surface area contributed by atoms with Crippen molar-refractivity contribution in [3.63, 3.8) is 0 Å². The minimum absolute atomic E-state index is 0.155. The zero-order chi connectivity index (χ0) is 13.2. The number of nitrogens with one attached hydrogen (secondary N) is 1. The molecule has 0 amide bonds. The molecule has 1 N–H and O–H groups in total. The fourth-order valence-electron chi connectivity index (χ4n) is 2.51. The van der Waals surface area contributed by atoms with E-state index in [-0.39, 0.29) is 6.04 Å². The van der Waals surface area contributed by atoms with Crippen molar-refractivity contribution in [2.75, 3.05) is 20.8 Å². The number of para-hydroxylation sites is 1. The maximum atomic E-state index is 5.80. The van der Waals surface area contributed by atoms with Crippen LogP contribution in [0.5, 0.6) is 11.5 Å². The van der Waals surface area contributed by atoms with Gasteiger partial charge >= 0.3 is 0 Å². The van der Waals surface area contributed by atoms with Crippen LogP contribution in [0.2, 0.25) is 0 Å². The quantitative estimate of drug-likeness (QED) is 0.930. The van der Waals surface area contributed by atoms with Gasteiger partial charge in [-0.2, -0.15) is 0 Å². The van der Waals surface area contributed by atoms with Crippen molar-refractivity contribution in [3.8, 4) is 11.5 Å². The summed E-state index contributed by atoms with van der Waals surface area (Å²) in [5.74, 6) is 1.96. The first-order chi connectivity index (χ1) is 9.33. The van der Waals surface area contributed by atoms with Gasteiger partial charge in [-0.3, -0.25) is 0 Å². The Balaban J connectivity index is 2.01. The third-order valence-corrected chi connectivity index (χ3v) is 4.44. The molecule has 1 aromatic heterocycles. The highest BCUT2D eigenvalue weighted by atomic mass is 32.1. The van der Waals surface area contributed by atoms with Crippen molar-refractivity contribution in [2.24, 2.45) is 0 Å². The van der Waals surface area contributed by atoms with E-state index in [1.807, 2.05) is 12.4 Å². The van der Waals surface area contributed by atoms with Crippen molar-refractivity contribution in [1.82, 2.24) is 5.32 Å². The lowest BCUT2D eigenvalue weighted by molar-refractivity contribution is 0.351. The van der Waals surface area contributed by atoms with E-state index in [1.54, 1.807) is 18.4 Å². The highest BCUT2D eigenvalue weighted by Gasteiger charge is 2.23. The van der Waals surface area contributed by atoms with Crippen molar-refractivity contribution >= 4 is 11.3 Å². The minimum atomic E-state index is 0.155. The first-order valence-electron chi connectivity index (χ1n) is 6.37. The smallest absolute Gasteiger partial charge is 0.129 e. The number of hydrogen-bond acceptors (Lipinski definition) is 4. The van der Waals surface area contributed by atoms with E-state index < -0.39 is 0 Å². The van der Waals surface area contributed by atoms with E-state index in [4.69, 9.17) is 9.47 Å². The van der Waals surface area contributed by atoms with Crippen LogP contribution in [0, 0.1) is 0 Å². The van der Waals surface area contributed by atoms with Gasteiger partial charge in [-0.25, -0.2) is 0 Å². The molecule has 2 heterocycles. The third-order valence-electron chi connectivity index (χ3n) is 3.46. The first kappa shape index (κ1) is 12.5. The molecule has 0 saturated carbocycles. The molecule has 0 bridgehead atoms. The molecule has 2 aromatic rings. The SMILES string of the molecule is CNC(c1cc(OC)cs1)c1cccc2c1OCC2. The summed E-state index contributed by atoms with van der Waals surface area (Å²) < 4.78 is 11.1. The second kappa shape index (κ2) is 5.23. The Morgan fingerprint density at radius 2 is 2.32 bits per heavy atom. The zero-order valence-corrected chi connectivity index (χ0v) is 11.9. The Bertz CT molecular complexity index is 579. The molecule has 0 fully saturated rings. The average molecular weight is 275 g/mol. The summed E-state index contributed by atoms with van der Waals surface area (Å²) >= 11 is 1.70. The maximum absolute atomic E-state index is 5.80. The van der Waals surface area contributed by atoms with Gasteiger partial charge in [0.1, 0.15) is 11.5 Å². The van der Waals surface area contributed by atoms with Crippen LogP contribution >= 0.6 is 11.3 Å². The molecule has 1 aliphatic rings. The molecule has 4 heteroatoms. The molecule has 1 aromatic carbocycles. The molecule has 0 radical (unpaired) electrons. The van der Waals surface area contributed by atoms with E-state index in [0.29, 0.717) is 0 Å². The van der Waals surface area contributed by atoms with E-state index in [9.17, 15) is 0 Å². The Morgan fingerprint density at radius 3 is 3.05 bits per heavy atom. The molecule has 19 heavy (non-hydrogen) atoms. The number of rotatable bonds is 4. The van der Waals surface area contributed by atoms with Crippen LogP contribution < -0.4 is 14.8 Å². The third kappa shape index (κ3) is 2.22. The van der Waals surface area contributed by atoms with Gasteiger partial charge in [-0.15, -0.1) is 11.3 Å². The van der Waals surface area contributed by atoms with Crippen LogP contribution in [0.15, 0.2) is 29.6 Å². The zero-order valence-electron chi connectivity index (χ0n) is 11.1. The summed E-state index contributed by atoms with van der Waals surface area (Å²) in [6, 6.07) is 8.63. The lowest BCUT2D eigenvalue weighted by atomic mass is 10.0. The second-order valence-electron chi connectivity index (χ2n) is 4.54. The van der Waals surface area contributed by atoms with Crippen molar-refractivity contribution < 1.29 is 9.47 Å². The highest BCUT2D eigenvalue weighted by molar-refractivity contribution is 7.10. The van der Waals surface area contributed by atoms with Crippen LogP contribution in [0.25, 0.3) is 0 Å². The lowest BCUT2D eigenvalue weighted by Gasteiger charge is -2.18. The molecular weight excluding hydrogens is 258 g/mol. The van der Waals surface area contributed by atoms with Gasteiger partial charge in [-0.05, 0) is 18.7 Å². The number of methoxy groups -OCH3 is 1. The monoisotopic (exact) mass is 275 g/mol. The predicted octanol–water partition coefficient (Wildman–Crippen LogP) is 3.00. The summed E-state index contributed by atoms with van der Waals surface area (Å²) in [6.45, 7) is 0.788. The van der Waals surface area contributed by atoms with E-state index in [2.05, 4.69) is 29.6 Å². The van der Waals surface area contributed by atoms with Crippen molar-refractivity contribution in [2.45, 2.75) is 12.5 Å². The summed E-state index contributed by atoms with van der Waals surface area (Å²) in [4.78, 5) is 1.24. The molecular formula is C15H17NO2S. The van der Waals surface area contributed by atoms with Crippen LogP contribution in [0.3, 0.4) is 0 Å². The van der Waals surface area contributed by atoms with Crippen LogP contribution in [-0.2, 0) is 6.42 Å². The van der Waals surface area contributed by atoms with Crippen LogP contribution in [0.1, 0.15) is 22.0 Å². The van der Waals surface area contributed by atoms with Crippen molar-refractivity contribution in [1.29, 1.82) is 0 Å². The standard InChI is InChI=1S/C15H17NO2S/c1-16-14(13-8-11(17-2)9-19-13)12-5-3-4-10-6-7-18-15(10)12/h3-5,8-9,14,16H,6-7H2,1-2H3. The lowest BCUT2D eigenvalue weighted by Crippen LogP contribution is -2.17. The Labute approximate surface area is 117 Å². The number of hydrogen-bond donors (Lipinski definition) is 1. The summed E-state index contributed by atoms with van der Waals surface area (Å²) in [7, 11) is 3.68. The van der Waals surface area contributed by atoms with Crippen molar-refractivity contribution in [3.05, 3.63) is 45.6 Å². The minimum Gasteiger partial charge on any atom is -0.496 e. The molecule has 1 aliphatic heterocycles. The van der Waals surface area contributed by atoms with E-state index in [0.717, 1.165) is 24.5 Å². The summed E-state index contributed by atoms with van der Waals surface area (Å²) in [5.41, 5.74) is 2.52. The Hall–Kier alpha value is -1.52. The van der Waals surface area contributed by atoms with Gasteiger partial charge in [0.15, 0.2) is 0 Å². The Morgan fingerprint density at radius 1 is 1.42 bits per heavy atom. The highest BCUT2D eigenvalue weighted by Crippen LogP contribution is 2.38. The summed E-state index contributed by atoms with van der Waals surface area (Å²) in [5, 5.41) is 5.41. The van der Waals surface area contributed by atoms with Gasteiger partial charge in [0.05, 0.1) is 19.8 Å². The predicted molar refractivity (Wildman–Crippen MR) is 77.4 cm³/mol. The van der Waals surface area contributed by atoms with E-state index in [1.165, 1.54) is 16.0 Å². The number of thiophene rings is 1. The van der Waals surface area contributed by atoms with Gasteiger partial charge in [0.25, 0.3) is 0 Å². The molecule has 0 saturated heterocycles. The first-order valence-corrected chi connectivity index (χ1v) is 7.25. The fraction of sp³-hybridized carbons (Fsp3) is 0.333. The molecule has 0 aliphatic carbocycles. The van der Waals surface area contributed by atoms with Gasteiger partial charge < -0.3 is 14.8 Å². The van der Waals surface area contributed by atoms with E-state index >= 15 is 0 Å². The topological polar surface area (TPSA) is 30.5 Å². The second-order valence-corrected chi connectivity index (χ2v) is 5.49. The summed E-state index contributed by atoms with van der Waals surface area (Å²) in [6.07, 6.45) is 1.01. The molecule has 0 spiro atoms. The molecule has 1 atom stereocenters. The number of ether oxygens (including phenoxy) is 2. The van der Waals surface area contributed by atoms with Crippen LogP contribution in [-0.4, -0.2) is 20.8 Å². The average Bonchev–Trinajstić information content (AvgIpc) is 3.08. The van der Waals surface area contributed by atoms with Gasteiger partial charge in [-0.1, -0.05) is 18.2 Å². The largest absolute Gasteiger partial charge is 0.496 e. The number of benzene rings is 1. The van der Waals surface area contributed by atoms with Gasteiger partial charge in [0, 0.05) is 22.2 Å². The molecule has 3 nitrogen and oxygen atoms in total.